The van der Waals surface area contributed by atoms with E-state index in [0.717, 1.165) is 42.8 Å². The summed E-state index contributed by atoms with van der Waals surface area (Å²) in [6.07, 6.45) is 14.0. The highest BCUT2D eigenvalue weighted by Crippen LogP contribution is 2.26. The maximum atomic E-state index is 8.88. The molecule has 0 spiro atoms. The molecule has 0 saturated heterocycles. The van der Waals surface area contributed by atoms with Crippen LogP contribution in [-0.2, 0) is 9.47 Å². The zero-order valence-corrected chi connectivity index (χ0v) is 13.1. The minimum atomic E-state index is 0.0426. The summed E-state index contributed by atoms with van der Waals surface area (Å²) >= 11 is 0. The summed E-state index contributed by atoms with van der Waals surface area (Å²) in [6.45, 7) is 6.20. The molecule has 0 bridgehead atoms. The smallest absolute Gasteiger partial charge is 0.118 e. The summed E-state index contributed by atoms with van der Waals surface area (Å²) in [5.41, 5.74) is 2.35. The second-order valence-electron chi connectivity index (χ2n) is 4.77. The molecule has 1 rings (SSSR count). The number of aliphatic hydroxyl groups is 1. The first kappa shape index (κ1) is 17.3. The predicted octanol–water partition coefficient (Wildman–Crippen LogP) is 4.04. The fourth-order valence-corrected chi connectivity index (χ4v) is 2.19. The second kappa shape index (κ2) is 10.1. The van der Waals surface area contributed by atoms with Gasteiger partial charge in [-0.3, -0.25) is 0 Å². The van der Waals surface area contributed by atoms with Crippen LogP contribution in [0.1, 0.15) is 32.6 Å². The molecule has 0 radical (unpaired) electrons. The zero-order valence-electron chi connectivity index (χ0n) is 13.1. The van der Waals surface area contributed by atoms with Crippen LogP contribution in [0.5, 0.6) is 0 Å². The molecule has 0 saturated carbocycles. The van der Waals surface area contributed by atoms with Crippen LogP contribution in [0, 0.1) is 0 Å². The van der Waals surface area contributed by atoms with Crippen molar-refractivity contribution in [2.75, 3.05) is 20.3 Å². The van der Waals surface area contributed by atoms with E-state index in [4.69, 9.17) is 14.6 Å². The lowest BCUT2D eigenvalue weighted by molar-refractivity contribution is 0.147. The first-order chi connectivity index (χ1) is 10.2. The van der Waals surface area contributed by atoms with Crippen molar-refractivity contribution in [1.29, 1.82) is 0 Å². The van der Waals surface area contributed by atoms with Gasteiger partial charge in [0, 0.05) is 0 Å². The fourth-order valence-electron chi connectivity index (χ4n) is 2.19. The topological polar surface area (TPSA) is 38.7 Å². The van der Waals surface area contributed by atoms with E-state index in [1.54, 1.807) is 7.11 Å². The Hall–Kier alpha value is -1.74. The van der Waals surface area contributed by atoms with Crippen molar-refractivity contribution in [2.45, 2.75) is 32.6 Å². The van der Waals surface area contributed by atoms with Crippen molar-refractivity contribution in [3.63, 3.8) is 0 Å². The molecule has 0 aromatic heterocycles. The lowest BCUT2D eigenvalue weighted by atomic mass is 9.97. The Labute approximate surface area is 128 Å². The Morgan fingerprint density at radius 3 is 2.76 bits per heavy atom. The summed E-state index contributed by atoms with van der Waals surface area (Å²) < 4.78 is 10.9. The Morgan fingerprint density at radius 2 is 2.14 bits per heavy atom. The van der Waals surface area contributed by atoms with E-state index in [9.17, 15) is 0 Å². The van der Waals surface area contributed by atoms with Gasteiger partial charge in [0.15, 0.2) is 0 Å². The van der Waals surface area contributed by atoms with Gasteiger partial charge in [-0.25, -0.2) is 0 Å². The molecule has 21 heavy (non-hydrogen) atoms. The van der Waals surface area contributed by atoms with Gasteiger partial charge in [-0.15, -0.1) is 0 Å². The van der Waals surface area contributed by atoms with Crippen LogP contribution in [-0.4, -0.2) is 25.4 Å². The molecule has 0 aromatic carbocycles. The van der Waals surface area contributed by atoms with Crippen LogP contribution < -0.4 is 0 Å². The third-order valence-electron chi connectivity index (χ3n) is 3.35. The zero-order chi connectivity index (χ0) is 15.5. The van der Waals surface area contributed by atoms with Crippen LogP contribution in [0.25, 0.3) is 0 Å². The molecule has 0 aliphatic heterocycles. The molecule has 0 aromatic rings. The van der Waals surface area contributed by atoms with Crippen molar-refractivity contribution in [1.82, 2.24) is 0 Å². The summed E-state index contributed by atoms with van der Waals surface area (Å²) in [4.78, 5) is 0. The first-order valence-electron chi connectivity index (χ1n) is 7.41. The number of hydrogen-bond acceptors (Lipinski definition) is 3. The lowest BCUT2D eigenvalue weighted by Gasteiger charge is -2.17. The lowest BCUT2D eigenvalue weighted by Crippen LogP contribution is -2.04. The largest absolute Gasteiger partial charge is 0.497 e. The van der Waals surface area contributed by atoms with Gasteiger partial charge in [0.25, 0.3) is 0 Å². The van der Waals surface area contributed by atoms with Crippen molar-refractivity contribution in [3.05, 3.63) is 59.6 Å². The maximum absolute atomic E-state index is 8.88. The highest BCUT2D eigenvalue weighted by atomic mass is 16.5. The molecule has 0 atom stereocenters. The quantitative estimate of drug-likeness (QED) is 0.514. The van der Waals surface area contributed by atoms with E-state index in [-0.39, 0.29) is 6.61 Å². The molecule has 116 valence electrons. The minimum Gasteiger partial charge on any atom is -0.497 e. The Morgan fingerprint density at radius 1 is 1.38 bits per heavy atom. The highest BCUT2D eigenvalue weighted by molar-refractivity contribution is 5.32. The monoisotopic (exact) mass is 290 g/mol. The Balaban J connectivity index is 2.65. The van der Waals surface area contributed by atoms with Gasteiger partial charge in [-0.05, 0) is 62.0 Å². The average Bonchev–Trinajstić information content (AvgIpc) is 2.54. The summed E-state index contributed by atoms with van der Waals surface area (Å²) in [5, 5.41) is 8.88. The predicted molar refractivity (Wildman–Crippen MR) is 86.7 cm³/mol. The summed E-state index contributed by atoms with van der Waals surface area (Å²) in [7, 11) is 1.67. The number of rotatable bonds is 9. The SMILES string of the molecule is C=C/C(=C\C(=C/C)OC)CCC1=CCCC=C1OCCO. The standard InChI is InChI=1S/C18H26O3/c1-4-15(14-17(5-2)20-3)10-11-16-8-6-7-9-18(16)21-13-12-19/h4-5,8-9,14,19H,1,6-7,10-13H2,2-3H3/b15-14+,17-5+. The van der Waals surface area contributed by atoms with Crippen LogP contribution >= 0.6 is 0 Å². The van der Waals surface area contributed by atoms with Crippen LogP contribution in [0.4, 0.5) is 0 Å². The number of methoxy groups -OCH3 is 1. The number of aliphatic hydroxyl groups excluding tert-OH is 1. The van der Waals surface area contributed by atoms with Crippen molar-refractivity contribution in [2.24, 2.45) is 0 Å². The van der Waals surface area contributed by atoms with E-state index in [0.29, 0.717) is 6.61 Å². The molecule has 0 amide bonds. The van der Waals surface area contributed by atoms with Crippen molar-refractivity contribution < 1.29 is 14.6 Å². The van der Waals surface area contributed by atoms with Gasteiger partial charge >= 0.3 is 0 Å². The van der Waals surface area contributed by atoms with Gasteiger partial charge in [0.05, 0.1) is 13.7 Å². The van der Waals surface area contributed by atoms with E-state index in [1.165, 1.54) is 5.57 Å². The van der Waals surface area contributed by atoms with Crippen LogP contribution in [0.3, 0.4) is 0 Å². The van der Waals surface area contributed by atoms with Crippen LogP contribution in [0.15, 0.2) is 59.6 Å². The first-order valence-corrected chi connectivity index (χ1v) is 7.41. The molecule has 0 unspecified atom stereocenters. The Bertz CT molecular complexity index is 453. The molecule has 0 heterocycles. The van der Waals surface area contributed by atoms with E-state index < -0.39 is 0 Å². The molecule has 1 N–H and O–H groups in total. The summed E-state index contributed by atoms with van der Waals surface area (Å²) in [5.74, 6) is 1.76. The normalized spacial score (nSPS) is 16.1. The minimum absolute atomic E-state index is 0.0426. The molecule has 1 aliphatic carbocycles. The van der Waals surface area contributed by atoms with Gasteiger partial charge in [-0.2, -0.15) is 0 Å². The molecular formula is C18H26O3. The number of ether oxygens (including phenoxy) is 2. The average molecular weight is 290 g/mol. The van der Waals surface area contributed by atoms with Crippen molar-refractivity contribution >= 4 is 0 Å². The van der Waals surface area contributed by atoms with Gasteiger partial charge in [-0.1, -0.05) is 18.7 Å². The van der Waals surface area contributed by atoms with Crippen molar-refractivity contribution in [3.8, 4) is 0 Å². The van der Waals surface area contributed by atoms with E-state index >= 15 is 0 Å². The van der Waals surface area contributed by atoms with E-state index in [2.05, 4.69) is 18.7 Å². The molecule has 3 heteroatoms. The van der Waals surface area contributed by atoms with E-state index in [1.807, 2.05) is 25.2 Å². The fraction of sp³-hybridized carbons (Fsp3) is 0.444. The van der Waals surface area contributed by atoms with Gasteiger partial charge < -0.3 is 14.6 Å². The van der Waals surface area contributed by atoms with Gasteiger partial charge in [0.1, 0.15) is 18.1 Å². The molecule has 3 nitrogen and oxygen atoms in total. The van der Waals surface area contributed by atoms with Gasteiger partial charge in [0.2, 0.25) is 0 Å². The van der Waals surface area contributed by atoms with Crippen LogP contribution in [0.2, 0.25) is 0 Å². The highest BCUT2D eigenvalue weighted by Gasteiger charge is 2.10. The molecule has 0 fully saturated rings. The number of hydrogen-bond donors (Lipinski definition) is 1. The third kappa shape index (κ3) is 6.05. The number of allylic oxidation sites excluding steroid dienone is 7. The summed E-state index contributed by atoms with van der Waals surface area (Å²) in [6, 6.07) is 0. The maximum Gasteiger partial charge on any atom is 0.118 e. The third-order valence-corrected chi connectivity index (χ3v) is 3.35. The molecular weight excluding hydrogens is 264 g/mol. The Kier molecular flexibility index (Phi) is 8.29. The molecule has 1 aliphatic rings. The second-order valence-corrected chi connectivity index (χ2v) is 4.77.